The molecule has 1 unspecified atom stereocenters. The number of nitrogens with zero attached hydrogens (tertiary/aromatic N) is 4. The Kier molecular flexibility index (Phi) is 5.24. The van der Waals surface area contributed by atoms with Gasteiger partial charge in [-0.25, -0.2) is 9.97 Å². The van der Waals surface area contributed by atoms with Crippen LogP contribution < -0.4 is 9.80 Å². The molecular weight excluding hydrogens is 352 g/mol. The Hall–Kier alpha value is -1.89. The Morgan fingerprint density at radius 3 is 2.42 bits per heavy atom. The molecule has 7 heteroatoms. The Morgan fingerprint density at radius 1 is 1.00 bits per heavy atom. The standard InChI is InChI=1S/C19H23ClN4O2/c20-15-3-1-14(2-4-15)17-12-24(9-10-26-17)19-11-18(21-13-22-19)23-7-5-16(25)6-8-23/h1-4,11,13,16-17,25H,5-10,12H2. The molecule has 0 spiro atoms. The van der Waals surface area contributed by atoms with Gasteiger partial charge in [0, 0.05) is 37.3 Å². The van der Waals surface area contributed by atoms with Gasteiger partial charge in [-0.3, -0.25) is 0 Å². The third kappa shape index (κ3) is 3.92. The summed E-state index contributed by atoms with van der Waals surface area (Å²) in [5.74, 6) is 1.85. The number of ether oxygens (including phenoxy) is 1. The number of rotatable bonds is 3. The van der Waals surface area contributed by atoms with E-state index < -0.39 is 0 Å². The summed E-state index contributed by atoms with van der Waals surface area (Å²) in [7, 11) is 0. The number of anilines is 2. The van der Waals surface area contributed by atoms with Gasteiger partial charge >= 0.3 is 0 Å². The van der Waals surface area contributed by atoms with Crippen LogP contribution in [0.3, 0.4) is 0 Å². The fourth-order valence-electron chi connectivity index (χ4n) is 3.51. The fraction of sp³-hybridized carbons (Fsp3) is 0.474. The molecule has 2 aliphatic rings. The summed E-state index contributed by atoms with van der Waals surface area (Å²) >= 11 is 5.99. The molecule has 2 aliphatic heterocycles. The molecule has 26 heavy (non-hydrogen) atoms. The van der Waals surface area contributed by atoms with Crippen molar-refractivity contribution in [3.63, 3.8) is 0 Å². The minimum Gasteiger partial charge on any atom is -0.393 e. The number of halogens is 1. The van der Waals surface area contributed by atoms with Gasteiger partial charge < -0.3 is 19.6 Å². The van der Waals surface area contributed by atoms with Gasteiger partial charge in [-0.1, -0.05) is 23.7 Å². The van der Waals surface area contributed by atoms with Crippen molar-refractivity contribution >= 4 is 23.2 Å². The Balaban J connectivity index is 1.48. The molecule has 4 rings (SSSR count). The molecule has 1 N–H and O–H groups in total. The lowest BCUT2D eigenvalue weighted by Gasteiger charge is -2.35. The highest BCUT2D eigenvalue weighted by Gasteiger charge is 2.24. The quantitative estimate of drug-likeness (QED) is 0.891. The highest BCUT2D eigenvalue weighted by atomic mass is 35.5. The van der Waals surface area contributed by atoms with Gasteiger partial charge in [-0.2, -0.15) is 0 Å². The lowest BCUT2D eigenvalue weighted by Crippen LogP contribution is -2.39. The number of benzene rings is 1. The summed E-state index contributed by atoms with van der Waals surface area (Å²) in [5.41, 5.74) is 1.12. The summed E-state index contributed by atoms with van der Waals surface area (Å²) in [5, 5.41) is 10.4. The Labute approximate surface area is 158 Å². The van der Waals surface area contributed by atoms with Crippen molar-refractivity contribution in [2.45, 2.75) is 25.0 Å². The minimum absolute atomic E-state index is 0.00423. The average molecular weight is 375 g/mol. The third-order valence-electron chi connectivity index (χ3n) is 5.06. The van der Waals surface area contributed by atoms with Crippen molar-refractivity contribution in [3.8, 4) is 0 Å². The number of morpholine rings is 1. The van der Waals surface area contributed by atoms with E-state index in [0.717, 1.165) is 61.2 Å². The first-order valence-corrected chi connectivity index (χ1v) is 9.44. The van der Waals surface area contributed by atoms with Crippen molar-refractivity contribution in [2.75, 3.05) is 42.6 Å². The molecule has 1 atom stereocenters. The van der Waals surface area contributed by atoms with Crippen molar-refractivity contribution in [1.29, 1.82) is 0 Å². The van der Waals surface area contributed by atoms with Crippen LogP contribution in [0.2, 0.25) is 5.02 Å². The number of hydrogen-bond donors (Lipinski definition) is 1. The lowest BCUT2D eigenvalue weighted by molar-refractivity contribution is 0.0395. The van der Waals surface area contributed by atoms with Gasteiger partial charge in [0.2, 0.25) is 0 Å². The zero-order valence-corrected chi connectivity index (χ0v) is 15.3. The first-order chi connectivity index (χ1) is 12.7. The molecule has 0 aliphatic carbocycles. The van der Waals surface area contributed by atoms with Gasteiger partial charge in [-0.15, -0.1) is 0 Å². The molecule has 1 aromatic carbocycles. The van der Waals surface area contributed by atoms with Crippen LogP contribution in [0.5, 0.6) is 0 Å². The molecular formula is C19H23ClN4O2. The fourth-order valence-corrected chi connectivity index (χ4v) is 3.64. The topological polar surface area (TPSA) is 61.7 Å². The minimum atomic E-state index is -0.188. The van der Waals surface area contributed by atoms with Crippen LogP contribution in [-0.4, -0.2) is 54.0 Å². The van der Waals surface area contributed by atoms with E-state index in [1.807, 2.05) is 30.3 Å². The van der Waals surface area contributed by atoms with Crippen LogP contribution in [0.25, 0.3) is 0 Å². The van der Waals surface area contributed by atoms with Gasteiger partial charge in [0.15, 0.2) is 0 Å². The predicted octanol–water partition coefficient (Wildman–Crippen LogP) is 2.67. The van der Waals surface area contributed by atoms with Crippen molar-refractivity contribution in [3.05, 3.63) is 47.2 Å². The second-order valence-electron chi connectivity index (χ2n) is 6.81. The van der Waals surface area contributed by atoms with E-state index in [0.29, 0.717) is 6.61 Å². The van der Waals surface area contributed by atoms with Crippen LogP contribution in [-0.2, 0) is 4.74 Å². The maximum absolute atomic E-state index is 9.70. The van der Waals surface area contributed by atoms with Crippen molar-refractivity contribution in [2.24, 2.45) is 0 Å². The maximum atomic E-state index is 9.70. The smallest absolute Gasteiger partial charge is 0.134 e. The number of aliphatic hydroxyl groups is 1. The van der Waals surface area contributed by atoms with Crippen LogP contribution in [0.4, 0.5) is 11.6 Å². The summed E-state index contributed by atoms with van der Waals surface area (Å²) in [6.45, 7) is 3.86. The van der Waals surface area contributed by atoms with E-state index in [4.69, 9.17) is 16.3 Å². The molecule has 0 saturated carbocycles. The van der Waals surface area contributed by atoms with Gasteiger partial charge in [-0.05, 0) is 30.5 Å². The van der Waals surface area contributed by atoms with E-state index in [-0.39, 0.29) is 12.2 Å². The number of piperidine rings is 1. The van der Waals surface area contributed by atoms with Crippen LogP contribution in [0, 0.1) is 0 Å². The van der Waals surface area contributed by atoms with Crippen LogP contribution in [0.1, 0.15) is 24.5 Å². The molecule has 0 amide bonds. The molecule has 0 bridgehead atoms. The number of hydrogen-bond acceptors (Lipinski definition) is 6. The van der Waals surface area contributed by atoms with Gasteiger partial charge in [0.25, 0.3) is 0 Å². The lowest BCUT2D eigenvalue weighted by atomic mass is 10.1. The largest absolute Gasteiger partial charge is 0.393 e. The van der Waals surface area contributed by atoms with Gasteiger partial charge in [0.1, 0.15) is 24.1 Å². The molecule has 2 saturated heterocycles. The van der Waals surface area contributed by atoms with Crippen molar-refractivity contribution < 1.29 is 9.84 Å². The monoisotopic (exact) mass is 374 g/mol. The molecule has 2 aromatic rings. The van der Waals surface area contributed by atoms with E-state index in [1.165, 1.54) is 0 Å². The summed E-state index contributed by atoms with van der Waals surface area (Å²) in [4.78, 5) is 13.4. The highest BCUT2D eigenvalue weighted by molar-refractivity contribution is 6.30. The summed E-state index contributed by atoms with van der Waals surface area (Å²) in [6.07, 6.45) is 3.02. The van der Waals surface area contributed by atoms with Crippen LogP contribution >= 0.6 is 11.6 Å². The molecule has 2 fully saturated rings. The first kappa shape index (κ1) is 17.5. The Bertz CT molecular complexity index is 735. The summed E-state index contributed by atoms with van der Waals surface area (Å²) < 4.78 is 5.95. The average Bonchev–Trinajstić information content (AvgIpc) is 2.69. The molecule has 0 radical (unpaired) electrons. The predicted molar refractivity (Wildman–Crippen MR) is 102 cm³/mol. The third-order valence-corrected chi connectivity index (χ3v) is 5.31. The number of aromatic nitrogens is 2. The zero-order valence-electron chi connectivity index (χ0n) is 14.6. The van der Waals surface area contributed by atoms with E-state index in [2.05, 4.69) is 19.8 Å². The molecule has 3 heterocycles. The second kappa shape index (κ2) is 7.78. The first-order valence-electron chi connectivity index (χ1n) is 9.06. The van der Waals surface area contributed by atoms with Gasteiger partial charge in [0.05, 0.1) is 12.7 Å². The maximum Gasteiger partial charge on any atom is 0.134 e. The SMILES string of the molecule is OC1CCN(c2cc(N3CCOC(c4ccc(Cl)cc4)C3)ncn2)CC1. The molecule has 138 valence electrons. The second-order valence-corrected chi connectivity index (χ2v) is 7.25. The normalized spacial score (nSPS) is 21.8. The highest BCUT2D eigenvalue weighted by Crippen LogP contribution is 2.28. The zero-order chi connectivity index (χ0) is 17.9. The number of aliphatic hydroxyl groups excluding tert-OH is 1. The Morgan fingerprint density at radius 2 is 1.69 bits per heavy atom. The van der Waals surface area contributed by atoms with Crippen LogP contribution in [0.15, 0.2) is 36.7 Å². The van der Waals surface area contributed by atoms with E-state index in [1.54, 1.807) is 6.33 Å². The summed E-state index contributed by atoms with van der Waals surface area (Å²) in [6, 6.07) is 9.86. The van der Waals surface area contributed by atoms with E-state index in [9.17, 15) is 5.11 Å². The molecule has 1 aromatic heterocycles. The van der Waals surface area contributed by atoms with Crippen molar-refractivity contribution in [1.82, 2.24) is 9.97 Å². The molecule has 6 nitrogen and oxygen atoms in total. The van der Waals surface area contributed by atoms with E-state index >= 15 is 0 Å².